The second-order valence-corrected chi connectivity index (χ2v) is 3.59. The standard InChI is InChI=1S/C10H18O2/c1-6-10(3,4)8(2)7-9(11)12-5/h7H,6H2,1-5H3. The molecule has 0 spiro atoms. The number of allylic oxidation sites excluding steroid dienone is 1. The molecule has 0 bridgehead atoms. The van der Waals surface area contributed by atoms with Crippen LogP contribution in [0.1, 0.15) is 34.1 Å². The predicted molar refractivity (Wildman–Crippen MR) is 49.8 cm³/mol. The maximum Gasteiger partial charge on any atom is 0.330 e. The van der Waals surface area contributed by atoms with Gasteiger partial charge in [-0.05, 0) is 18.8 Å². The molecule has 0 aliphatic rings. The second kappa shape index (κ2) is 4.29. The van der Waals surface area contributed by atoms with Gasteiger partial charge in [0.2, 0.25) is 0 Å². The van der Waals surface area contributed by atoms with Crippen molar-refractivity contribution < 1.29 is 9.53 Å². The Balaban J connectivity index is 4.46. The van der Waals surface area contributed by atoms with Crippen LogP contribution in [-0.4, -0.2) is 13.1 Å². The Morgan fingerprint density at radius 3 is 2.33 bits per heavy atom. The van der Waals surface area contributed by atoms with Gasteiger partial charge >= 0.3 is 5.97 Å². The van der Waals surface area contributed by atoms with Crippen molar-refractivity contribution in [2.75, 3.05) is 7.11 Å². The number of carbonyl (C=O) groups excluding carboxylic acids is 1. The molecule has 0 saturated heterocycles. The van der Waals surface area contributed by atoms with Crippen LogP contribution in [-0.2, 0) is 9.53 Å². The van der Waals surface area contributed by atoms with Gasteiger partial charge in [0.05, 0.1) is 7.11 Å². The lowest BCUT2D eigenvalue weighted by Crippen LogP contribution is -2.12. The third-order valence-electron chi connectivity index (χ3n) is 2.49. The van der Waals surface area contributed by atoms with Crippen LogP contribution in [0.15, 0.2) is 11.6 Å². The highest BCUT2D eigenvalue weighted by Gasteiger charge is 2.17. The lowest BCUT2D eigenvalue weighted by molar-refractivity contribution is -0.134. The summed E-state index contributed by atoms with van der Waals surface area (Å²) in [5.41, 5.74) is 1.16. The van der Waals surface area contributed by atoms with E-state index in [0.717, 1.165) is 12.0 Å². The van der Waals surface area contributed by atoms with Crippen molar-refractivity contribution in [3.63, 3.8) is 0 Å². The lowest BCUT2D eigenvalue weighted by Gasteiger charge is -2.23. The topological polar surface area (TPSA) is 26.3 Å². The molecule has 2 nitrogen and oxygen atoms in total. The fourth-order valence-electron chi connectivity index (χ4n) is 0.710. The van der Waals surface area contributed by atoms with Crippen LogP contribution >= 0.6 is 0 Å². The third kappa shape index (κ3) is 3.07. The Labute approximate surface area is 74.6 Å². The van der Waals surface area contributed by atoms with Crippen LogP contribution in [0.2, 0.25) is 0 Å². The molecule has 0 radical (unpaired) electrons. The fourth-order valence-corrected chi connectivity index (χ4v) is 0.710. The summed E-state index contributed by atoms with van der Waals surface area (Å²) >= 11 is 0. The van der Waals surface area contributed by atoms with Crippen LogP contribution in [0, 0.1) is 5.41 Å². The Morgan fingerprint density at radius 1 is 1.50 bits per heavy atom. The summed E-state index contributed by atoms with van der Waals surface area (Å²) in [6, 6.07) is 0. The number of rotatable bonds is 3. The van der Waals surface area contributed by atoms with Gasteiger partial charge in [-0.3, -0.25) is 0 Å². The number of methoxy groups -OCH3 is 1. The summed E-state index contributed by atoms with van der Waals surface area (Å²) in [4.78, 5) is 10.9. The molecule has 0 atom stereocenters. The van der Waals surface area contributed by atoms with Gasteiger partial charge in [-0.2, -0.15) is 0 Å². The highest BCUT2D eigenvalue weighted by Crippen LogP contribution is 2.29. The minimum atomic E-state index is -0.269. The number of carbonyl (C=O) groups is 1. The molecule has 0 aromatic heterocycles. The molecule has 0 rings (SSSR count). The summed E-state index contributed by atoms with van der Waals surface area (Å²) in [5.74, 6) is -0.269. The van der Waals surface area contributed by atoms with E-state index in [2.05, 4.69) is 25.5 Å². The van der Waals surface area contributed by atoms with Crippen LogP contribution in [0.4, 0.5) is 0 Å². The third-order valence-corrected chi connectivity index (χ3v) is 2.49. The molecular formula is C10H18O2. The van der Waals surface area contributed by atoms with Gasteiger partial charge in [-0.1, -0.05) is 26.3 Å². The lowest BCUT2D eigenvalue weighted by atomic mass is 9.82. The second-order valence-electron chi connectivity index (χ2n) is 3.59. The Morgan fingerprint density at radius 2 is 2.00 bits per heavy atom. The SMILES string of the molecule is CCC(C)(C)C(C)=CC(=O)OC. The maximum atomic E-state index is 10.9. The van der Waals surface area contributed by atoms with Crippen molar-refractivity contribution in [3.05, 3.63) is 11.6 Å². The van der Waals surface area contributed by atoms with Crippen molar-refractivity contribution in [3.8, 4) is 0 Å². The molecule has 2 heteroatoms. The van der Waals surface area contributed by atoms with E-state index >= 15 is 0 Å². The highest BCUT2D eigenvalue weighted by molar-refractivity contribution is 5.82. The van der Waals surface area contributed by atoms with E-state index in [1.165, 1.54) is 7.11 Å². The molecule has 0 heterocycles. The Bertz CT molecular complexity index is 190. The van der Waals surface area contributed by atoms with Gasteiger partial charge in [-0.15, -0.1) is 0 Å². The van der Waals surface area contributed by atoms with Crippen LogP contribution in [0.25, 0.3) is 0 Å². The molecule has 0 fully saturated rings. The smallest absolute Gasteiger partial charge is 0.330 e. The largest absolute Gasteiger partial charge is 0.466 e. The van der Waals surface area contributed by atoms with E-state index in [-0.39, 0.29) is 11.4 Å². The van der Waals surface area contributed by atoms with E-state index in [1.54, 1.807) is 6.08 Å². The van der Waals surface area contributed by atoms with Crippen LogP contribution in [0.5, 0.6) is 0 Å². The average molecular weight is 170 g/mol. The van der Waals surface area contributed by atoms with Gasteiger partial charge in [-0.25, -0.2) is 4.79 Å². The van der Waals surface area contributed by atoms with E-state index in [9.17, 15) is 4.79 Å². The van der Waals surface area contributed by atoms with E-state index in [0.29, 0.717) is 0 Å². The van der Waals surface area contributed by atoms with Gasteiger partial charge in [0.15, 0.2) is 0 Å². The molecule has 12 heavy (non-hydrogen) atoms. The number of hydrogen-bond acceptors (Lipinski definition) is 2. The monoisotopic (exact) mass is 170 g/mol. The van der Waals surface area contributed by atoms with Crippen molar-refractivity contribution in [1.82, 2.24) is 0 Å². The summed E-state index contributed by atoms with van der Waals surface area (Å²) in [6.07, 6.45) is 2.58. The summed E-state index contributed by atoms with van der Waals surface area (Å²) < 4.78 is 4.55. The molecule has 0 aliphatic carbocycles. The van der Waals surface area contributed by atoms with Crippen LogP contribution in [0.3, 0.4) is 0 Å². The minimum Gasteiger partial charge on any atom is -0.466 e. The molecule has 0 aromatic carbocycles. The highest BCUT2D eigenvalue weighted by atomic mass is 16.5. The normalized spacial score (nSPS) is 12.9. The first-order chi connectivity index (χ1) is 5.44. The molecular weight excluding hydrogens is 152 g/mol. The number of hydrogen-bond donors (Lipinski definition) is 0. The van der Waals surface area contributed by atoms with Gasteiger partial charge in [0, 0.05) is 6.08 Å². The van der Waals surface area contributed by atoms with Crippen molar-refractivity contribution >= 4 is 5.97 Å². The first kappa shape index (κ1) is 11.2. The molecule has 0 unspecified atom stereocenters. The van der Waals surface area contributed by atoms with Gasteiger partial charge in [0.25, 0.3) is 0 Å². The fraction of sp³-hybridized carbons (Fsp3) is 0.700. The molecule has 70 valence electrons. The predicted octanol–water partition coefficient (Wildman–Crippen LogP) is 2.54. The number of ether oxygens (including phenoxy) is 1. The summed E-state index contributed by atoms with van der Waals surface area (Å²) in [5, 5.41) is 0. The molecule has 0 aromatic rings. The van der Waals surface area contributed by atoms with E-state index < -0.39 is 0 Å². The molecule has 0 saturated carbocycles. The van der Waals surface area contributed by atoms with Gasteiger partial charge < -0.3 is 4.74 Å². The zero-order valence-electron chi connectivity index (χ0n) is 8.60. The molecule has 0 amide bonds. The summed E-state index contributed by atoms with van der Waals surface area (Å²) in [6.45, 7) is 8.29. The van der Waals surface area contributed by atoms with E-state index in [4.69, 9.17) is 0 Å². The first-order valence-corrected chi connectivity index (χ1v) is 4.20. The quantitative estimate of drug-likeness (QED) is 0.480. The minimum absolute atomic E-state index is 0.0915. The van der Waals surface area contributed by atoms with E-state index in [1.807, 2.05) is 6.92 Å². The first-order valence-electron chi connectivity index (χ1n) is 4.20. The van der Waals surface area contributed by atoms with Gasteiger partial charge in [0.1, 0.15) is 0 Å². The zero-order chi connectivity index (χ0) is 9.78. The Kier molecular flexibility index (Phi) is 4.01. The number of esters is 1. The average Bonchev–Trinajstić information content (AvgIpc) is 2.04. The van der Waals surface area contributed by atoms with Crippen molar-refractivity contribution in [1.29, 1.82) is 0 Å². The summed E-state index contributed by atoms with van der Waals surface area (Å²) in [7, 11) is 1.39. The maximum absolute atomic E-state index is 10.9. The van der Waals surface area contributed by atoms with Crippen molar-refractivity contribution in [2.45, 2.75) is 34.1 Å². The zero-order valence-corrected chi connectivity index (χ0v) is 8.60. The molecule has 0 aliphatic heterocycles. The van der Waals surface area contributed by atoms with Crippen LogP contribution < -0.4 is 0 Å². The molecule has 0 N–H and O–H groups in total. The van der Waals surface area contributed by atoms with Crippen molar-refractivity contribution in [2.24, 2.45) is 5.41 Å². The Hall–Kier alpha value is -0.790.